The van der Waals surface area contributed by atoms with Gasteiger partial charge >= 0.3 is 0 Å². The minimum Gasteiger partial charge on any atom is -0.242 e. The monoisotopic (exact) mass is 257 g/mol. The lowest BCUT2D eigenvalue weighted by Crippen LogP contribution is -2.01. The first kappa shape index (κ1) is 10.1. The molecule has 0 aliphatic heterocycles. The lowest BCUT2D eigenvalue weighted by molar-refractivity contribution is 0.603. The lowest BCUT2D eigenvalue weighted by atomic mass is 10.0. The topological polar surface area (TPSA) is 12.9 Å². The Labute approximate surface area is 91.9 Å². The van der Waals surface area contributed by atoms with E-state index in [1.54, 1.807) is 6.07 Å². The predicted molar refractivity (Wildman–Crippen MR) is 58.0 cm³/mol. The second-order valence-corrected chi connectivity index (χ2v) is 4.92. The average Bonchev–Trinajstić information content (AvgIpc) is 2.91. The molecule has 0 saturated heterocycles. The molecule has 1 heterocycles. The molecule has 1 fully saturated rings. The van der Waals surface area contributed by atoms with Crippen LogP contribution in [0, 0.1) is 5.82 Å². The van der Waals surface area contributed by atoms with Crippen molar-refractivity contribution in [2.75, 3.05) is 0 Å². The first-order valence-corrected chi connectivity index (χ1v) is 5.74. The van der Waals surface area contributed by atoms with E-state index in [0.717, 1.165) is 11.3 Å². The molecule has 14 heavy (non-hydrogen) atoms. The Morgan fingerprint density at radius 3 is 2.64 bits per heavy atom. The Morgan fingerprint density at radius 2 is 2.14 bits per heavy atom. The van der Waals surface area contributed by atoms with E-state index in [-0.39, 0.29) is 5.82 Å². The van der Waals surface area contributed by atoms with Gasteiger partial charge in [-0.1, -0.05) is 13.8 Å². The van der Waals surface area contributed by atoms with Gasteiger partial charge in [-0.2, -0.15) is 0 Å². The SMILES string of the molecule is CC(C)c1nc(Br)c(F)cc1C1CC1. The van der Waals surface area contributed by atoms with Gasteiger partial charge in [0.05, 0.1) is 0 Å². The Hall–Kier alpha value is -0.440. The van der Waals surface area contributed by atoms with E-state index in [1.807, 2.05) is 0 Å². The Bertz CT molecular complexity index is 332. The zero-order chi connectivity index (χ0) is 10.3. The Kier molecular flexibility index (Phi) is 2.60. The van der Waals surface area contributed by atoms with E-state index in [1.165, 1.54) is 12.8 Å². The molecule has 1 nitrogen and oxygen atoms in total. The van der Waals surface area contributed by atoms with Gasteiger partial charge in [-0.05, 0) is 52.2 Å². The van der Waals surface area contributed by atoms with Crippen LogP contribution in [-0.4, -0.2) is 4.98 Å². The standard InChI is InChI=1S/C11H13BrFN/c1-6(2)10-8(7-3-4-7)5-9(13)11(12)14-10/h5-7H,3-4H2,1-2H3. The summed E-state index contributed by atoms with van der Waals surface area (Å²) in [5.74, 6) is 0.682. The molecule has 0 aromatic carbocycles. The van der Waals surface area contributed by atoms with Crippen LogP contribution in [0.15, 0.2) is 10.7 Å². The van der Waals surface area contributed by atoms with Crippen LogP contribution in [-0.2, 0) is 0 Å². The molecule has 3 heteroatoms. The van der Waals surface area contributed by atoms with Crippen LogP contribution >= 0.6 is 15.9 Å². The molecular weight excluding hydrogens is 245 g/mol. The minimum absolute atomic E-state index is 0.240. The summed E-state index contributed by atoms with van der Waals surface area (Å²) in [6, 6.07) is 1.64. The van der Waals surface area contributed by atoms with E-state index in [2.05, 4.69) is 34.8 Å². The summed E-state index contributed by atoms with van der Waals surface area (Å²) in [5.41, 5.74) is 2.15. The minimum atomic E-state index is -0.240. The van der Waals surface area contributed by atoms with Crippen LogP contribution in [0.1, 0.15) is 49.8 Å². The number of halogens is 2. The van der Waals surface area contributed by atoms with Gasteiger partial charge in [0.25, 0.3) is 0 Å². The maximum atomic E-state index is 13.3. The van der Waals surface area contributed by atoms with Gasteiger partial charge in [0.1, 0.15) is 4.60 Å². The van der Waals surface area contributed by atoms with Crippen molar-refractivity contribution >= 4 is 15.9 Å². The fraction of sp³-hybridized carbons (Fsp3) is 0.545. The van der Waals surface area contributed by atoms with Crippen LogP contribution < -0.4 is 0 Å². The van der Waals surface area contributed by atoms with Crippen molar-refractivity contribution in [2.45, 2.75) is 38.5 Å². The highest BCUT2D eigenvalue weighted by Gasteiger charge is 2.28. The normalized spacial score (nSPS) is 16.4. The maximum Gasteiger partial charge on any atom is 0.156 e. The molecule has 76 valence electrons. The van der Waals surface area contributed by atoms with Crippen molar-refractivity contribution in [3.63, 3.8) is 0 Å². The molecule has 0 amide bonds. The number of hydrogen-bond donors (Lipinski definition) is 0. The third-order valence-corrected chi connectivity index (χ3v) is 3.11. The van der Waals surface area contributed by atoms with Gasteiger partial charge in [-0.15, -0.1) is 0 Å². The number of rotatable bonds is 2. The molecule has 0 atom stereocenters. The molecular formula is C11H13BrFN. The molecule has 1 aromatic rings. The maximum absolute atomic E-state index is 13.3. The molecule has 0 N–H and O–H groups in total. The summed E-state index contributed by atoms with van der Waals surface area (Å²) in [5, 5.41) is 0. The van der Waals surface area contributed by atoms with Crippen molar-refractivity contribution in [1.82, 2.24) is 4.98 Å². The third kappa shape index (κ3) is 1.83. The van der Waals surface area contributed by atoms with E-state index in [9.17, 15) is 4.39 Å². The first-order chi connectivity index (χ1) is 6.59. The highest BCUT2D eigenvalue weighted by molar-refractivity contribution is 9.10. The van der Waals surface area contributed by atoms with Gasteiger partial charge in [-0.25, -0.2) is 9.37 Å². The molecule has 2 rings (SSSR count). The van der Waals surface area contributed by atoms with E-state index in [4.69, 9.17) is 0 Å². The molecule has 1 saturated carbocycles. The van der Waals surface area contributed by atoms with Crippen LogP contribution in [0.25, 0.3) is 0 Å². The van der Waals surface area contributed by atoms with Crippen LogP contribution in [0.4, 0.5) is 4.39 Å². The molecule has 1 aliphatic rings. The van der Waals surface area contributed by atoms with Crippen molar-refractivity contribution in [3.05, 3.63) is 27.7 Å². The van der Waals surface area contributed by atoms with Gasteiger partial charge < -0.3 is 0 Å². The van der Waals surface area contributed by atoms with E-state index < -0.39 is 0 Å². The predicted octanol–water partition coefficient (Wildman–Crippen LogP) is 3.98. The summed E-state index contributed by atoms with van der Waals surface area (Å²) in [7, 11) is 0. The summed E-state index contributed by atoms with van der Waals surface area (Å²) in [4.78, 5) is 4.28. The van der Waals surface area contributed by atoms with Gasteiger partial charge in [0, 0.05) is 5.69 Å². The molecule has 0 radical (unpaired) electrons. The summed E-state index contributed by atoms with van der Waals surface area (Å²) in [6.07, 6.45) is 2.37. The third-order valence-electron chi connectivity index (χ3n) is 2.56. The molecule has 1 aromatic heterocycles. The highest BCUT2D eigenvalue weighted by Crippen LogP contribution is 2.43. The fourth-order valence-corrected chi connectivity index (χ4v) is 1.98. The Morgan fingerprint density at radius 1 is 1.50 bits per heavy atom. The van der Waals surface area contributed by atoms with Crippen molar-refractivity contribution in [2.24, 2.45) is 0 Å². The number of aromatic nitrogens is 1. The van der Waals surface area contributed by atoms with E-state index in [0.29, 0.717) is 16.4 Å². The summed E-state index contributed by atoms with van der Waals surface area (Å²) < 4.78 is 13.6. The second kappa shape index (κ2) is 3.61. The smallest absolute Gasteiger partial charge is 0.156 e. The second-order valence-electron chi connectivity index (χ2n) is 4.16. The largest absolute Gasteiger partial charge is 0.242 e. The van der Waals surface area contributed by atoms with Crippen molar-refractivity contribution < 1.29 is 4.39 Å². The fourth-order valence-electron chi connectivity index (χ4n) is 1.68. The molecule has 0 unspecified atom stereocenters. The van der Waals surface area contributed by atoms with Crippen LogP contribution in [0.5, 0.6) is 0 Å². The zero-order valence-electron chi connectivity index (χ0n) is 8.35. The quantitative estimate of drug-likeness (QED) is 0.731. The van der Waals surface area contributed by atoms with Crippen LogP contribution in [0.3, 0.4) is 0 Å². The molecule has 0 bridgehead atoms. The summed E-state index contributed by atoms with van der Waals surface area (Å²) >= 11 is 3.13. The molecule has 0 spiro atoms. The first-order valence-electron chi connectivity index (χ1n) is 4.95. The Balaban J connectivity index is 2.49. The lowest BCUT2D eigenvalue weighted by Gasteiger charge is -2.11. The van der Waals surface area contributed by atoms with E-state index >= 15 is 0 Å². The summed E-state index contributed by atoms with van der Waals surface area (Å²) in [6.45, 7) is 4.19. The zero-order valence-corrected chi connectivity index (χ0v) is 9.94. The van der Waals surface area contributed by atoms with Gasteiger partial charge in [0.15, 0.2) is 5.82 Å². The highest BCUT2D eigenvalue weighted by atomic mass is 79.9. The number of nitrogens with zero attached hydrogens (tertiary/aromatic N) is 1. The van der Waals surface area contributed by atoms with Gasteiger partial charge in [-0.3, -0.25) is 0 Å². The van der Waals surface area contributed by atoms with Crippen molar-refractivity contribution in [1.29, 1.82) is 0 Å². The molecule has 1 aliphatic carbocycles. The van der Waals surface area contributed by atoms with Crippen LogP contribution in [0.2, 0.25) is 0 Å². The number of pyridine rings is 1. The average molecular weight is 258 g/mol. The number of hydrogen-bond acceptors (Lipinski definition) is 1. The van der Waals surface area contributed by atoms with Crippen molar-refractivity contribution in [3.8, 4) is 0 Å². The van der Waals surface area contributed by atoms with Gasteiger partial charge in [0.2, 0.25) is 0 Å².